The van der Waals surface area contributed by atoms with E-state index in [9.17, 15) is 0 Å². The maximum atomic E-state index is 5.80. The predicted molar refractivity (Wildman–Crippen MR) is 63.6 cm³/mol. The summed E-state index contributed by atoms with van der Waals surface area (Å²) in [6.45, 7) is 5.36. The van der Waals surface area contributed by atoms with Gasteiger partial charge >= 0.3 is 0 Å². The van der Waals surface area contributed by atoms with Crippen molar-refractivity contribution in [2.75, 3.05) is 6.54 Å². The van der Waals surface area contributed by atoms with Gasteiger partial charge < -0.3 is 5.73 Å². The Balaban J connectivity index is 2.54. The lowest BCUT2D eigenvalue weighted by molar-refractivity contribution is 0.478. The SMILES string of the molecule is CC1(C)CC(CN)c2cc(Br)ccc21. The fourth-order valence-electron chi connectivity index (χ4n) is 2.53. The normalized spacial score (nSPS) is 23.6. The van der Waals surface area contributed by atoms with E-state index in [0.717, 1.165) is 11.0 Å². The molecule has 14 heavy (non-hydrogen) atoms. The third kappa shape index (κ3) is 1.51. The smallest absolute Gasteiger partial charge is 0.0178 e. The molecule has 76 valence electrons. The summed E-state index contributed by atoms with van der Waals surface area (Å²) in [4.78, 5) is 0. The van der Waals surface area contributed by atoms with Gasteiger partial charge in [0.25, 0.3) is 0 Å². The molecule has 1 aromatic carbocycles. The highest BCUT2D eigenvalue weighted by Gasteiger charge is 2.35. The lowest BCUT2D eigenvalue weighted by atomic mass is 9.86. The van der Waals surface area contributed by atoms with Crippen LogP contribution in [0.3, 0.4) is 0 Å². The van der Waals surface area contributed by atoms with Crippen molar-refractivity contribution in [3.63, 3.8) is 0 Å². The van der Waals surface area contributed by atoms with Crippen LogP contribution in [0.5, 0.6) is 0 Å². The van der Waals surface area contributed by atoms with Crippen LogP contribution in [0.2, 0.25) is 0 Å². The Hall–Kier alpha value is -0.340. The number of halogens is 1. The topological polar surface area (TPSA) is 26.0 Å². The molecule has 0 aromatic heterocycles. The quantitative estimate of drug-likeness (QED) is 0.818. The van der Waals surface area contributed by atoms with Crippen LogP contribution in [0, 0.1) is 0 Å². The van der Waals surface area contributed by atoms with Crippen LogP contribution in [-0.2, 0) is 5.41 Å². The van der Waals surface area contributed by atoms with Crippen LogP contribution in [-0.4, -0.2) is 6.54 Å². The van der Waals surface area contributed by atoms with Crippen molar-refractivity contribution in [3.8, 4) is 0 Å². The second-order valence-electron chi connectivity index (χ2n) is 4.75. The highest BCUT2D eigenvalue weighted by atomic mass is 79.9. The van der Waals surface area contributed by atoms with E-state index in [1.165, 1.54) is 17.5 Å². The Morgan fingerprint density at radius 1 is 1.50 bits per heavy atom. The standard InChI is InChI=1S/C12H16BrN/c1-12(2)6-8(7-14)10-5-9(13)3-4-11(10)12/h3-5,8H,6-7,14H2,1-2H3. The molecule has 0 amide bonds. The van der Waals surface area contributed by atoms with Gasteiger partial charge in [0.15, 0.2) is 0 Å². The molecule has 0 aliphatic heterocycles. The minimum Gasteiger partial charge on any atom is -0.330 e. The zero-order valence-corrected chi connectivity index (χ0v) is 10.3. The van der Waals surface area contributed by atoms with Crippen molar-refractivity contribution in [2.24, 2.45) is 5.73 Å². The van der Waals surface area contributed by atoms with Crippen molar-refractivity contribution in [3.05, 3.63) is 33.8 Å². The minimum atomic E-state index is 0.292. The van der Waals surface area contributed by atoms with Gasteiger partial charge in [-0.15, -0.1) is 0 Å². The lowest BCUT2D eigenvalue weighted by Gasteiger charge is -2.18. The molecular formula is C12H16BrN. The van der Waals surface area contributed by atoms with E-state index >= 15 is 0 Å². The number of benzene rings is 1. The van der Waals surface area contributed by atoms with Crippen molar-refractivity contribution < 1.29 is 0 Å². The Morgan fingerprint density at radius 3 is 2.86 bits per heavy atom. The Morgan fingerprint density at radius 2 is 2.21 bits per heavy atom. The molecule has 0 saturated carbocycles. The first kappa shape index (κ1) is 10.2. The summed E-state index contributed by atoms with van der Waals surface area (Å²) >= 11 is 3.52. The average molecular weight is 254 g/mol. The van der Waals surface area contributed by atoms with Gasteiger partial charge in [0.05, 0.1) is 0 Å². The maximum absolute atomic E-state index is 5.80. The highest BCUT2D eigenvalue weighted by molar-refractivity contribution is 9.10. The van der Waals surface area contributed by atoms with E-state index < -0.39 is 0 Å². The monoisotopic (exact) mass is 253 g/mol. The van der Waals surface area contributed by atoms with E-state index in [1.54, 1.807) is 0 Å². The number of fused-ring (bicyclic) bond motifs is 1. The lowest BCUT2D eigenvalue weighted by Crippen LogP contribution is -2.15. The molecule has 2 N–H and O–H groups in total. The Kier molecular flexibility index (Phi) is 2.44. The molecule has 1 atom stereocenters. The van der Waals surface area contributed by atoms with Crippen molar-refractivity contribution >= 4 is 15.9 Å². The number of hydrogen-bond acceptors (Lipinski definition) is 1. The summed E-state index contributed by atoms with van der Waals surface area (Å²) in [7, 11) is 0. The van der Waals surface area contributed by atoms with E-state index in [2.05, 4.69) is 48.0 Å². The maximum Gasteiger partial charge on any atom is 0.0178 e. The van der Waals surface area contributed by atoms with Gasteiger partial charge in [-0.05, 0) is 47.6 Å². The van der Waals surface area contributed by atoms with Gasteiger partial charge in [0, 0.05) is 4.47 Å². The van der Waals surface area contributed by atoms with E-state index in [4.69, 9.17) is 5.73 Å². The summed E-state index contributed by atoms with van der Waals surface area (Å²) in [6, 6.07) is 6.58. The highest BCUT2D eigenvalue weighted by Crippen LogP contribution is 2.45. The zero-order valence-electron chi connectivity index (χ0n) is 8.68. The van der Waals surface area contributed by atoms with Crippen molar-refractivity contribution in [1.82, 2.24) is 0 Å². The van der Waals surface area contributed by atoms with E-state index in [-0.39, 0.29) is 0 Å². The van der Waals surface area contributed by atoms with Gasteiger partial charge in [0.1, 0.15) is 0 Å². The van der Waals surface area contributed by atoms with Crippen LogP contribution in [0.25, 0.3) is 0 Å². The van der Waals surface area contributed by atoms with Crippen LogP contribution >= 0.6 is 15.9 Å². The third-order valence-electron chi connectivity index (χ3n) is 3.22. The molecule has 1 unspecified atom stereocenters. The summed E-state index contributed by atoms with van der Waals surface area (Å²) in [5, 5.41) is 0. The van der Waals surface area contributed by atoms with Gasteiger partial charge in [-0.1, -0.05) is 35.8 Å². The fourth-order valence-corrected chi connectivity index (χ4v) is 2.91. The second-order valence-corrected chi connectivity index (χ2v) is 5.67. The third-order valence-corrected chi connectivity index (χ3v) is 3.72. The number of hydrogen-bond donors (Lipinski definition) is 1. The molecule has 0 radical (unpaired) electrons. The molecule has 1 aromatic rings. The molecule has 0 spiro atoms. The van der Waals surface area contributed by atoms with E-state index in [1.807, 2.05) is 0 Å². The van der Waals surface area contributed by atoms with Gasteiger partial charge in [-0.25, -0.2) is 0 Å². The van der Waals surface area contributed by atoms with Gasteiger partial charge in [-0.2, -0.15) is 0 Å². The molecule has 2 heteroatoms. The number of rotatable bonds is 1. The zero-order chi connectivity index (χ0) is 10.3. The minimum absolute atomic E-state index is 0.292. The predicted octanol–water partition coefficient (Wildman–Crippen LogP) is 3.17. The summed E-state index contributed by atoms with van der Waals surface area (Å²) in [6.07, 6.45) is 1.18. The molecule has 0 bridgehead atoms. The second kappa shape index (κ2) is 3.35. The first-order chi connectivity index (χ1) is 6.54. The van der Waals surface area contributed by atoms with Gasteiger partial charge in [0.2, 0.25) is 0 Å². The molecule has 1 aliphatic carbocycles. The van der Waals surface area contributed by atoms with Crippen molar-refractivity contribution in [2.45, 2.75) is 31.6 Å². The molecule has 0 heterocycles. The summed E-state index contributed by atoms with van der Waals surface area (Å²) in [5.74, 6) is 0.539. The summed E-state index contributed by atoms with van der Waals surface area (Å²) < 4.78 is 1.16. The molecular weight excluding hydrogens is 238 g/mol. The van der Waals surface area contributed by atoms with Gasteiger partial charge in [-0.3, -0.25) is 0 Å². The molecule has 1 nitrogen and oxygen atoms in total. The van der Waals surface area contributed by atoms with E-state index in [0.29, 0.717) is 11.3 Å². The Bertz CT molecular complexity index is 357. The molecule has 2 rings (SSSR count). The largest absolute Gasteiger partial charge is 0.330 e. The first-order valence-electron chi connectivity index (χ1n) is 5.04. The molecule has 0 saturated heterocycles. The van der Waals surface area contributed by atoms with Crippen LogP contribution in [0.1, 0.15) is 37.3 Å². The van der Waals surface area contributed by atoms with Crippen LogP contribution in [0.4, 0.5) is 0 Å². The average Bonchev–Trinajstić information content (AvgIpc) is 2.37. The fraction of sp³-hybridized carbons (Fsp3) is 0.500. The first-order valence-corrected chi connectivity index (χ1v) is 5.84. The summed E-state index contributed by atoms with van der Waals surface area (Å²) in [5.41, 5.74) is 9.00. The van der Waals surface area contributed by atoms with Crippen molar-refractivity contribution in [1.29, 1.82) is 0 Å². The molecule has 0 fully saturated rings. The number of nitrogens with two attached hydrogens (primary N) is 1. The van der Waals surface area contributed by atoms with Crippen LogP contribution < -0.4 is 5.73 Å². The molecule has 1 aliphatic rings. The van der Waals surface area contributed by atoms with Crippen LogP contribution in [0.15, 0.2) is 22.7 Å². The Labute approximate surface area is 93.8 Å².